The van der Waals surface area contributed by atoms with E-state index >= 15 is 0 Å². The van der Waals surface area contributed by atoms with E-state index in [2.05, 4.69) is 5.48 Å². The van der Waals surface area contributed by atoms with Gasteiger partial charge < -0.3 is 0 Å². The van der Waals surface area contributed by atoms with Crippen molar-refractivity contribution >= 4 is 17.3 Å². The number of rotatable bonds is 3. The molecule has 0 atom stereocenters. The highest BCUT2D eigenvalue weighted by Gasteiger charge is 2.04. The zero-order valence-corrected chi connectivity index (χ0v) is 7.93. The Morgan fingerprint density at radius 1 is 1.62 bits per heavy atom. The number of benzene rings is 1. The number of nitrogens with zero attached hydrogens (tertiary/aromatic N) is 1. The van der Waals surface area contributed by atoms with E-state index in [1.165, 1.54) is 0 Å². The second-order valence-electron chi connectivity index (χ2n) is 2.31. The van der Waals surface area contributed by atoms with Crippen LogP contribution in [0.15, 0.2) is 18.2 Å². The zero-order valence-electron chi connectivity index (χ0n) is 7.17. The molecule has 3 nitrogen and oxygen atoms in total. The van der Waals surface area contributed by atoms with E-state index in [0.717, 1.165) is 0 Å². The number of halogens is 1. The Morgan fingerprint density at radius 3 is 3.00 bits per heavy atom. The monoisotopic (exact) mass is 196 g/mol. The molecular weight excluding hydrogens is 188 g/mol. The van der Waals surface area contributed by atoms with Crippen LogP contribution in [0.2, 0.25) is 5.02 Å². The van der Waals surface area contributed by atoms with Crippen molar-refractivity contribution in [1.82, 2.24) is 0 Å². The minimum absolute atomic E-state index is 0.401. The Bertz CT molecular complexity index is 333. The van der Waals surface area contributed by atoms with Gasteiger partial charge in [0.05, 0.1) is 22.9 Å². The first-order valence-corrected chi connectivity index (χ1v) is 4.23. The van der Waals surface area contributed by atoms with Crippen molar-refractivity contribution in [1.29, 1.82) is 5.26 Å². The normalized spacial score (nSPS) is 9.31. The Balaban J connectivity index is 2.93. The minimum Gasteiger partial charge on any atom is -0.276 e. The minimum atomic E-state index is 0.401. The molecule has 4 heteroatoms. The van der Waals surface area contributed by atoms with Crippen molar-refractivity contribution in [3.8, 4) is 6.07 Å². The van der Waals surface area contributed by atoms with Gasteiger partial charge in [-0.05, 0) is 19.1 Å². The molecule has 13 heavy (non-hydrogen) atoms. The summed E-state index contributed by atoms with van der Waals surface area (Å²) in [5.74, 6) is 0. The third-order valence-corrected chi connectivity index (χ3v) is 1.77. The lowest BCUT2D eigenvalue weighted by Gasteiger charge is -2.06. The smallest absolute Gasteiger partial charge is 0.103 e. The lowest BCUT2D eigenvalue weighted by molar-refractivity contribution is 0.210. The first-order valence-electron chi connectivity index (χ1n) is 3.86. The highest BCUT2D eigenvalue weighted by Crippen LogP contribution is 2.22. The third-order valence-electron chi connectivity index (χ3n) is 1.45. The molecule has 0 bridgehead atoms. The molecule has 1 aromatic rings. The molecule has 0 radical (unpaired) electrons. The summed E-state index contributed by atoms with van der Waals surface area (Å²) >= 11 is 5.79. The van der Waals surface area contributed by atoms with Crippen LogP contribution in [0.1, 0.15) is 12.5 Å². The SMILES string of the molecule is CCONc1cccc(Cl)c1C#N. The Morgan fingerprint density at radius 2 is 2.38 bits per heavy atom. The molecule has 0 heterocycles. The maximum atomic E-state index is 8.77. The van der Waals surface area contributed by atoms with Gasteiger partial charge in [0.25, 0.3) is 0 Å². The predicted molar refractivity (Wildman–Crippen MR) is 51.4 cm³/mol. The van der Waals surface area contributed by atoms with Gasteiger partial charge in [-0.3, -0.25) is 10.3 Å². The fourth-order valence-electron chi connectivity index (χ4n) is 0.873. The molecule has 0 saturated heterocycles. The molecule has 1 rings (SSSR count). The van der Waals surface area contributed by atoms with Crippen LogP contribution in [0.3, 0.4) is 0 Å². The molecule has 0 unspecified atom stereocenters. The van der Waals surface area contributed by atoms with E-state index in [9.17, 15) is 0 Å². The first kappa shape index (κ1) is 9.85. The summed E-state index contributed by atoms with van der Waals surface area (Å²) in [6.45, 7) is 2.38. The highest BCUT2D eigenvalue weighted by molar-refractivity contribution is 6.32. The number of anilines is 1. The van der Waals surface area contributed by atoms with Crippen LogP contribution < -0.4 is 5.48 Å². The van der Waals surface area contributed by atoms with Gasteiger partial charge in [-0.15, -0.1) is 0 Å². The molecule has 0 fully saturated rings. The summed E-state index contributed by atoms with van der Waals surface area (Å²) in [6.07, 6.45) is 0. The molecule has 1 aromatic carbocycles. The molecule has 0 aliphatic rings. The van der Waals surface area contributed by atoms with Gasteiger partial charge in [-0.25, -0.2) is 0 Å². The van der Waals surface area contributed by atoms with Crippen LogP contribution in [0.5, 0.6) is 0 Å². The molecular formula is C9H9ClN2O. The maximum absolute atomic E-state index is 8.77. The molecule has 1 N–H and O–H groups in total. The van der Waals surface area contributed by atoms with Crippen LogP contribution in [0.4, 0.5) is 5.69 Å². The van der Waals surface area contributed by atoms with Crippen molar-refractivity contribution in [2.75, 3.05) is 12.1 Å². The molecule has 0 aromatic heterocycles. The predicted octanol–water partition coefficient (Wildman–Crippen LogP) is 2.58. The van der Waals surface area contributed by atoms with E-state index < -0.39 is 0 Å². The van der Waals surface area contributed by atoms with Gasteiger partial charge in [-0.2, -0.15) is 5.26 Å². The molecule has 0 amide bonds. The van der Waals surface area contributed by atoms with E-state index in [0.29, 0.717) is 22.9 Å². The second kappa shape index (κ2) is 4.70. The van der Waals surface area contributed by atoms with E-state index in [-0.39, 0.29) is 0 Å². The largest absolute Gasteiger partial charge is 0.276 e. The summed E-state index contributed by atoms with van der Waals surface area (Å²) < 4.78 is 0. The zero-order chi connectivity index (χ0) is 9.68. The van der Waals surface area contributed by atoms with Crippen molar-refractivity contribution in [2.45, 2.75) is 6.92 Å². The quantitative estimate of drug-likeness (QED) is 0.756. The maximum Gasteiger partial charge on any atom is 0.103 e. The van der Waals surface area contributed by atoms with Gasteiger partial charge in [0.1, 0.15) is 6.07 Å². The average molecular weight is 197 g/mol. The van der Waals surface area contributed by atoms with Crippen molar-refractivity contribution in [3.05, 3.63) is 28.8 Å². The van der Waals surface area contributed by atoms with Gasteiger partial charge >= 0.3 is 0 Å². The van der Waals surface area contributed by atoms with Crippen LogP contribution in [-0.4, -0.2) is 6.61 Å². The lowest BCUT2D eigenvalue weighted by atomic mass is 10.2. The van der Waals surface area contributed by atoms with Crippen LogP contribution in [0.25, 0.3) is 0 Å². The van der Waals surface area contributed by atoms with Crippen LogP contribution in [-0.2, 0) is 4.84 Å². The van der Waals surface area contributed by atoms with E-state index in [4.69, 9.17) is 21.7 Å². The van der Waals surface area contributed by atoms with Crippen LogP contribution in [0, 0.1) is 11.3 Å². The number of nitrogens with one attached hydrogen (secondary N) is 1. The standard InChI is InChI=1S/C9H9ClN2O/c1-2-13-12-9-5-3-4-8(10)7(9)6-11/h3-5,12H,2H2,1H3. The summed E-state index contributed by atoms with van der Waals surface area (Å²) in [5.41, 5.74) is 3.64. The van der Waals surface area contributed by atoms with Gasteiger partial charge in [0.2, 0.25) is 0 Å². The second-order valence-corrected chi connectivity index (χ2v) is 2.72. The fourth-order valence-corrected chi connectivity index (χ4v) is 1.09. The van der Waals surface area contributed by atoms with Gasteiger partial charge in [0.15, 0.2) is 0 Å². The van der Waals surface area contributed by atoms with Crippen molar-refractivity contribution < 1.29 is 4.84 Å². The Kier molecular flexibility index (Phi) is 3.56. The van der Waals surface area contributed by atoms with E-state index in [1.807, 2.05) is 13.0 Å². The summed E-state index contributed by atoms with van der Waals surface area (Å²) in [5, 5.41) is 9.19. The molecule has 0 spiro atoms. The summed E-state index contributed by atoms with van der Waals surface area (Å²) in [4.78, 5) is 4.96. The molecule has 0 saturated carbocycles. The van der Waals surface area contributed by atoms with Crippen molar-refractivity contribution in [3.63, 3.8) is 0 Å². The number of hydrogen-bond acceptors (Lipinski definition) is 3. The highest BCUT2D eigenvalue weighted by atomic mass is 35.5. The topological polar surface area (TPSA) is 45.0 Å². The number of nitriles is 1. The average Bonchev–Trinajstić information content (AvgIpc) is 2.15. The van der Waals surface area contributed by atoms with Gasteiger partial charge in [0, 0.05) is 0 Å². The Labute approximate surface area is 81.8 Å². The summed E-state index contributed by atoms with van der Waals surface area (Å²) in [7, 11) is 0. The Hall–Kier alpha value is -1.24. The first-order chi connectivity index (χ1) is 6.29. The van der Waals surface area contributed by atoms with Gasteiger partial charge in [-0.1, -0.05) is 17.7 Å². The molecule has 68 valence electrons. The lowest BCUT2D eigenvalue weighted by Crippen LogP contribution is -2.02. The molecule has 0 aliphatic heterocycles. The van der Waals surface area contributed by atoms with E-state index in [1.54, 1.807) is 18.2 Å². The molecule has 0 aliphatic carbocycles. The van der Waals surface area contributed by atoms with Crippen LogP contribution >= 0.6 is 11.6 Å². The van der Waals surface area contributed by atoms with Crippen molar-refractivity contribution in [2.24, 2.45) is 0 Å². The third kappa shape index (κ3) is 2.35. The fraction of sp³-hybridized carbons (Fsp3) is 0.222. The number of hydrogen-bond donors (Lipinski definition) is 1. The summed E-state index contributed by atoms with van der Waals surface area (Å²) in [6, 6.07) is 7.15.